The molecule has 1 N–H and O–H groups in total. The van der Waals surface area contributed by atoms with Gasteiger partial charge in [0.15, 0.2) is 0 Å². The van der Waals surface area contributed by atoms with Gasteiger partial charge in [0.05, 0.1) is 6.61 Å². The van der Waals surface area contributed by atoms with Crippen molar-refractivity contribution in [1.82, 2.24) is 5.32 Å². The van der Waals surface area contributed by atoms with Crippen LogP contribution < -0.4 is 10.1 Å². The second kappa shape index (κ2) is 5.03. The van der Waals surface area contributed by atoms with Gasteiger partial charge in [-0.2, -0.15) is 0 Å². The number of hydrogen-bond acceptors (Lipinski definition) is 2. The summed E-state index contributed by atoms with van der Waals surface area (Å²) in [5.74, 6) is 2.09. The summed E-state index contributed by atoms with van der Waals surface area (Å²) < 4.78 is 7.00. The fourth-order valence-electron chi connectivity index (χ4n) is 3.67. The van der Waals surface area contributed by atoms with E-state index >= 15 is 0 Å². The van der Waals surface area contributed by atoms with E-state index in [4.69, 9.17) is 4.74 Å². The average molecular weight is 336 g/mol. The highest BCUT2D eigenvalue weighted by atomic mass is 79.9. The Morgan fingerprint density at radius 2 is 2.10 bits per heavy atom. The van der Waals surface area contributed by atoms with E-state index in [1.165, 1.54) is 44.2 Å². The fourth-order valence-corrected chi connectivity index (χ4v) is 4.01. The lowest BCUT2D eigenvalue weighted by atomic mass is 9.97. The van der Waals surface area contributed by atoms with Crippen molar-refractivity contribution in [3.63, 3.8) is 0 Å². The lowest BCUT2D eigenvalue weighted by Gasteiger charge is -2.22. The molecular weight excluding hydrogens is 314 g/mol. The quantitative estimate of drug-likeness (QED) is 0.877. The molecule has 1 unspecified atom stereocenters. The highest BCUT2D eigenvalue weighted by molar-refractivity contribution is 9.10. The van der Waals surface area contributed by atoms with Crippen molar-refractivity contribution in [2.24, 2.45) is 11.3 Å². The normalized spacial score (nSPS) is 27.4. The van der Waals surface area contributed by atoms with Crippen molar-refractivity contribution >= 4 is 15.9 Å². The van der Waals surface area contributed by atoms with Gasteiger partial charge in [0.25, 0.3) is 0 Å². The molecule has 0 aromatic heterocycles. The van der Waals surface area contributed by atoms with E-state index in [-0.39, 0.29) is 0 Å². The van der Waals surface area contributed by atoms with Crippen molar-refractivity contribution in [3.8, 4) is 5.75 Å². The maximum Gasteiger partial charge on any atom is 0.125 e. The fraction of sp³-hybridized carbons (Fsp3) is 0.647. The van der Waals surface area contributed by atoms with Gasteiger partial charge in [-0.05, 0) is 62.0 Å². The van der Waals surface area contributed by atoms with E-state index < -0.39 is 0 Å². The van der Waals surface area contributed by atoms with Crippen LogP contribution in [-0.2, 0) is 0 Å². The van der Waals surface area contributed by atoms with Gasteiger partial charge in [-0.1, -0.05) is 22.0 Å². The third-order valence-corrected chi connectivity index (χ3v) is 5.78. The molecule has 1 aromatic rings. The zero-order valence-electron chi connectivity index (χ0n) is 11.8. The van der Waals surface area contributed by atoms with Crippen LogP contribution in [0.1, 0.15) is 50.1 Å². The van der Waals surface area contributed by atoms with Gasteiger partial charge in [-0.25, -0.2) is 0 Å². The Morgan fingerprint density at radius 1 is 1.25 bits per heavy atom. The molecule has 2 saturated carbocycles. The minimum absolute atomic E-state index is 0.469. The molecule has 3 heteroatoms. The van der Waals surface area contributed by atoms with E-state index in [0.29, 0.717) is 11.5 Å². The number of halogens is 1. The van der Waals surface area contributed by atoms with Gasteiger partial charge in [0.1, 0.15) is 5.75 Å². The zero-order valence-corrected chi connectivity index (χ0v) is 13.4. The van der Waals surface area contributed by atoms with Crippen LogP contribution in [0, 0.1) is 11.3 Å². The Morgan fingerprint density at radius 3 is 2.85 bits per heavy atom. The lowest BCUT2D eigenvalue weighted by Crippen LogP contribution is -2.29. The predicted octanol–water partition coefficient (Wildman–Crippen LogP) is 4.44. The molecule has 1 aliphatic heterocycles. The van der Waals surface area contributed by atoms with E-state index in [1.807, 2.05) is 0 Å². The first kappa shape index (κ1) is 13.1. The van der Waals surface area contributed by atoms with Gasteiger partial charge >= 0.3 is 0 Å². The van der Waals surface area contributed by atoms with E-state index in [2.05, 4.69) is 39.4 Å². The van der Waals surface area contributed by atoms with Crippen LogP contribution in [0.15, 0.2) is 22.7 Å². The third kappa shape index (κ3) is 2.50. The highest BCUT2D eigenvalue weighted by Crippen LogP contribution is 2.61. The second-order valence-electron chi connectivity index (χ2n) is 6.74. The lowest BCUT2D eigenvalue weighted by molar-refractivity contribution is 0.313. The summed E-state index contributed by atoms with van der Waals surface area (Å²) in [5.41, 5.74) is 2.01. The van der Waals surface area contributed by atoms with E-state index in [1.54, 1.807) is 0 Å². The molecule has 0 spiro atoms. The first-order chi connectivity index (χ1) is 9.77. The average Bonchev–Trinajstić information content (AvgIpc) is 3.28. The summed E-state index contributed by atoms with van der Waals surface area (Å²) in [4.78, 5) is 0. The second-order valence-corrected chi connectivity index (χ2v) is 7.66. The molecule has 4 rings (SSSR count). The van der Waals surface area contributed by atoms with Gasteiger partial charge in [0, 0.05) is 22.6 Å². The van der Waals surface area contributed by atoms with Gasteiger partial charge in [-0.15, -0.1) is 0 Å². The van der Waals surface area contributed by atoms with Gasteiger partial charge < -0.3 is 10.1 Å². The number of fused-ring (bicyclic) bond motifs is 1. The molecule has 0 radical (unpaired) electrons. The molecule has 0 amide bonds. The van der Waals surface area contributed by atoms with Crippen molar-refractivity contribution in [2.45, 2.75) is 44.6 Å². The Labute approximate surface area is 129 Å². The van der Waals surface area contributed by atoms with Crippen LogP contribution in [-0.4, -0.2) is 13.2 Å². The highest BCUT2D eigenvalue weighted by Gasteiger charge is 2.53. The molecule has 1 atom stereocenters. The number of hydrogen-bond donors (Lipinski definition) is 1. The van der Waals surface area contributed by atoms with Crippen LogP contribution >= 0.6 is 15.9 Å². The van der Waals surface area contributed by atoms with Gasteiger partial charge in [0.2, 0.25) is 0 Å². The third-order valence-electron chi connectivity index (χ3n) is 5.28. The molecule has 0 saturated heterocycles. The Bertz CT molecular complexity index is 508. The minimum atomic E-state index is 0.469. The SMILES string of the molecule is Brc1ccc2c(c1)OCCCC2NCC1(C2CC2)CC1. The zero-order chi connectivity index (χ0) is 13.6. The van der Waals surface area contributed by atoms with Crippen LogP contribution in [0.2, 0.25) is 0 Å². The first-order valence-corrected chi connectivity index (χ1v) is 8.72. The summed E-state index contributed by atoms with van der Waals surface area (Å²) in [5, 5.41) is 3.87. The molecule has 0 bridgehead atoms. The Hall–Kier alpha value is -0.540. The van der Waals surface area contributed by atoms with Crippen LogP contribution in [0.5, 0.6) is 5.75 Å². The maximum atomic E-state index is 5.90. The van der Waals surface area contributed by atoms with Crippen molar-refractivity contribution < 1.29 is 4.74 Å². The molecule has 1 aromatic carbocycles. The van der Waals surface area contributed by atoms with Crippen molar-refractivity contribution in [2.75, 3.05) is 13.2 Å². The minimum Gasteiger partial charge on any atom is -0.493 e. The van der Waals surface area contributed by atoms with E-state index in [0.717, 1.165) is 29.2 Å². The summed E-state index contributed by atoms with van der Waals surface area (Å²) in [7, 11) is 0. The van der Waals surface area contributed by atoms with Crippen LogP contribution in [0.25, 0.3) is 0 Å². The smallest absolute Gasteiger partial charge is 0.125 e. The standard InChI is InChI=1S/C17H22BrNO/c18-13-5-6-14-15(2-1-9-20-16(14)10-13)19-11-17(7-8-17)12-3-4-12/h5-6,10,12,15,19H,1-4,7-9,11H2. The topological polar surface area (TPSA) is 21.3 Å². The molecule has 3 aliphatic rings. The molecule has 2 nitrogen and oxygen atoms in total. The number of rotatable bonds is 4. The molecule has 1 heterocycles. The number of benzene rings is 1. The van der Waals surface area contributed by atoms with Crippen LogP contribution in [0.4, 0.5) is 0 Å². The van der Waals surface area contributed by atoms with Crippen LogP contribution in [0.3, 0.4) is 0 Å². The maximum absolute atomic E-state index is 5.90. The monoisotopic (exact) mass is 335 g/mol. The summed E-state index contributed by atoms with van der Waals surface area (Å²) in [6.07, 6.45) is 8.16. The first-order valence-electron chi connectivity index (χ1n) is 7.92. The van der Waals surface area contributed by atoms with E-state index in [9.17, 15) is 0 Å². The Balaban J connectivity index is 1.50. The number of nitrogens with one attached hydrogen (secondary N) is 1. The predicted molar refractivity (Wildman–Crippen MR) is 84.0 cm³/mol. The molecule has 20 heavy (non-hydrogen) atoms. The number of ether oxygens (including phenoxy) is 1. The Kier molecular flexibility index (Phi) is 3.30. The molecule has 108 valence electrons. The summed E-state index contributed by atoms with van der Waals surface area (Å²) in [6.45, 7) is 2.05. The molecule has 2 fully saturated rings. The largest absolute Gasteiger partial charge is 0.493 e. The summed E-state index contributed by atoms with van der Waals surface area (Å²) >= 11 is 3.54. The van der Waals surface area contributed by atoms with Crippen molar-refractivity contribution in [1.29, 1.82) is 0 Å². The molecule has 2 aliphatic carbocycles. The molecular formula is C17H22BrNO. The van der Waals surface area contributed by atoms with Gasteiger partial charge in [-0.3, -0.25) is 0 Å². The summed E-state index contributed by atoms with van der Waals surface area (Å²) in [6, 6.07) is 6.94. The van der Waals surface area contributed by atoms with Crippen molar-refractivity contribution in [3.05, 3.63) is 28.2 Å².